The third-order valence-corrected chi connectivity index (χ3v) is 9.88. The molecule has 3 N–H and O–H groups in total. The number of thioether (sulfide) groups is 1. The van der Waals surface area contributed by atoms with Crippen molar-refractivity contribution in [2.24, 2.45) is 5.14 Å². The quantitative estimate of drug-likeness (QED) is 0.590. The van der Waals surface area contributed by atoms with Crippen LogP contribution in [0.4, 0.5) is 0 Å². The number of primary sulfonamides is 1. The van der Waals surface area contributed by atoms with Crippen molar-refractivity contribution in [2.45, 2.75) is 93.8 Å². The van der Waals surface area contributed by atoms with Gasteiger partial charge in [-0.25, -0.2) is 18.5 Å². The number of aliphatic hydroxyl groups is 1. The Bertz CT molecular complexity index is 953. The predicted molar refractivity (Wildman–Crippen MR) is 131 cm³/mol. The van der Waals surface area contributed by atoms with Gasteiger partial charge in [-0.2, -0.15) is 0 Å². The number of benzene rings is 1. The molecule has 178 valence electrons. The second-order valence-electron chi connectivity index (χ2n) is 9.31. The Morgan fingerprint density at radius 2 is 1.69 bits per heavy atom. The zero-order valence-electron chi connectivity index (χ0n) is 18.8. The second-order valence-corrected chi connectivity index (χ2v) is 12.2. The molecule has 1 saturated heterocycles. The van der Waals surface area contributed by atoms with Crippen molar-refractivity contribution in [2.75, 3.05) is 12.3 Å². The molecule has 2 aliphatic carbocycles. The number of rotatable bonds is 5. The number of nitrogens with two attached hydrogens (primary N) is 1. The summed E-state index contributed by atoms with van der Waals surface area (Å²) in [6.07, 6.45) is 12.5. The molecule has 32 heavy (non-hydrogen) atoms. The lowest BCUT2D eigenvalue weighted by Crippen LogP contribution is -2.50. The van der Waals surface area contributed by atoms with E-state index >= 15 is 0 Å². The SMILES string of the molecule is CCN1C(=[N+](C2CCCCC2)C2CCCCC2)SCC1(O)c1ccc(Cl)c(S(N)(=O)=O)c1. The molecule has 0 amide bonds. The van der Waals surface area contributed by atoms with Crippen molar-refractivity contribution in [3.05, 3.63) is 28.8 Å². The molecule has 4 rings (SSSR count). The molecule has 0 bridgehead atoms. The van der Waals surface area contributed by atoms with Gasteiger partial charge in [0.2, 0.25) is 15.7 Å². The van der Waals surface area contributed by atoms with Crippen molar-refractivity contribution in [3.63, 3.8) is 0 Å². The molecule has 1 atom stereocenters. The molecule has 1 aromatic rings. The largest absolute Gasteiger partial charge is 0.349 e. The topological polar surface area (TPSA) is 86.6 Å². The van der Waals surface area contributed by atoms with Crippen LogP contribution in [0.5, 0.6) is 0 Å². The maximum absolute atomic E-state index is 12.0. The molecule has 3 aliphatic rings. The summed E-state index contributed by atoms with van der Waals surface area (Å²) in [5, 5.41) is 18.5. The first-order valence-corrected chi connectivity index (χ1v) is 14.8. The zero-order valence-corrected chi connectivity index (χ0v) is 21.2. The zero-order chi connectivity index (χ0) is 22.9. The van der Waals surface area contributed by atoms with Gasteiger partial charge in [0.05, 0.1) is 29.4 Å². The molecule has 0 aromatic heterocycles. The highest BCUT2D eigenvalue weighted by Gasteiger charge is 2.53. The predicted octanol–water partition coefficient (Wildman–Crippen LogP) is 4.24. The monoisotopic (exact) mass is 500 g/mol. The van der Waals surface area contributed by atoms with E-state index in [0.29, 0.717) is 29.9 Å². The van der Waals surface area contributed by atoms with Crippen molar-refractivity contribution < 1.29 is 18.1 Å². The number of hydrogen-bond donors (Lipinski definition) is 2. The third kappa shape index (κ3) is 4.71. The van der Waals surface area contributed by atoms with E-state index in [1.165, 1.54) is 76.3 Å². The fourth-order valence-corrected chi connectivity index (χ4v) is 8.24. The van der Waals surface area contributed by atoms with E-state index in [4.69, 9.17) is 16.7 Å². The molecule has 3 fully saturated rings. The van der Waals surface area contributed by atoms with E-state index in [-0.39, 0.29) is 9.92 Å². The van der Waals surface area contributed by atoms with E-state index in [9.17, 15) is 13.5 Å². The average Bonchev–Trinajstić information content (AvgIpc) is 3.12. The van der Waals surface area contributed by atoms with E-state index < -0.39 is 15.7 Å². The summed E-state index contributed by atoms with van der Waals surface area (Å²) in [4.78, 5) is 1.92. The van der Waals surface area contributed by atoms with Crippen LogP contribution in [0, 0.1) is 0 Å². The molecule has 0 spiro atoms. The third-order valence-electron chi connectivity index (χ3n) is 7.25. The van der Waals surface area contributed by atoms with Gasteiger partial charge < -0.3 is 5.11 Å². The van der Waals surface area contributed by atoms with Gasteiger partial charge in [0.15, 0.2) is 0 Å². The van der Waals surface area contributed by atoms with Crippen LogP contribution >= 0.6 is 23.4 Å². The van der Waals surface area contributed by atoms with Crippen molar-refractivity contribution >= 4 is 38.6 Å². The van der Waals surface area contributed by atoms with Gasteiger partial charge in [0.1, 0.15) is 4.90 Å². The Morgan fingerprint density at radius 1 is 1.12 bits per heavy atom. The standard InChI is InChI=1S/C23H35ClN3O3S2/c1-2-26-22(27(18-9-5-3-6-10-18)19-11-7-4-8-12-19)31-16-23(26,28)17-13-14-20(24)21(15-17)32(25,29)30/h13-15,18-19,28H,2-12,16H2,1H3,(H2,25,29,30)/q+1. The summed E-state index contributed by atoms with van der Waals surface area (Å²) < 4.78 is 26.7. The maximum atomic E-state index is 12.0. The molecule has 1 aliphatic heterocycles. The number of hydrogen-bond acceptors (Lipinski definition) is 4. The Balaban J connectivity index is 1.78. The van der Waals surface area contributed by atoms with Gasteiger partial charge in [-0.1, -0.05) is 30.5 Å². The van der Waals surface area contributed by atoms with Crippen molar-refractivity contribution in [1.29, 1.82) is 0 Å². The van der Waals surface area contributed by atoms with Crippen LogP contribution in [0.25, 0.3) is 0 Å². The van der Waals surface area contributed by atoms with Crippen LogP contribution in [-0.2, 0) is 15.7 Å². The first kappa shape index (κ1) is 24.3. The smallest absolute Gasteiger partial charge is 0.311 e. The van der Waals surface area contributed by atoms with Crippen molar-refractivity contribution in [3.8, 4) is 0 Å². The normalized spacial score (nSPS) is 26.0. The molecule has 9 heteroatoms. The lowest BCUT2D eigenvalue weighted by molar-refractivity contribution is -0.609. The molecule has 2 saturated carbocycles. The fourth-order valence-electron chi connectivity index (χ4n) is 5.63. The Kier molecular flexibility index (Phi) is 7.47. The summed E-state index contributed by atoms with van der Waals surface area (Å²) in [6, 6.07) is 5.70. The maximum Gasteiger partial charge on any atom is 0.311 e. The van der Waals surface area contributed by atoms with E-state index in [1.807, 2.05) is 6.92 Å². The van der Waals surface area contributed by atoms with Gasteiger partial charge in [-0.3, -0.25) is 4.58 Å². The lowest BCUT2D eigenvalue weighted by atomic mass is 9.90. The van der Waals surface area contributed by atoms with E-state index in [1.54, 1.807) is 17.8 Å². The summed E-state index contributed by atoms with van der Waals surface area (Å²) in [5.41, 5.74) is -0.789. The van der Waals surface area contributed by atoms with Gasteiger partial charge in [0.25, 0.3) is 0 Å². The minimum atomic E-state index is -3.99. The van der Waals surface area contributed by atoms with Gasteiger partial charge in [-0.15, -0.1) is 0 Å². The Hall–Kier alpha value is -0.800. The van der Waals surface area contributed by atoms with Crippen molar-refractivity contribution in [1.82, 2.24) is 4.90 Å². The van der Waals surface area contributed by atoms with Crippen LogP contribution in [0.15, 0.2) is 23.1 Å². The molecule has 0 radical (unpaired) electrons. The van der Waals surface area contributed by atoms with Gasteiger partial charge >= 0.3 is 5.17 Å². The summed E-state index contributed by atoms with van der Waals surface area (Å²) in [6.45, 7) is 2.68. The minimum absolute atomic E-state index is 0.0730. The van der Waals surface area contributed by atoms with Gasteiger partial charge in [0, 0.05) is 5.56 Å². The second kappa shape index (κ2) is 9.82. The highest BCUT2D eigenvalue weighted by atomic mass is 35.5. The molecular formula is C23H35ClN3O3S2+. The first-order valence-electron chi connectivity index (χ1n) is 11.9. The number of halogens is 1. The van der Waals surface area contributed by atoms with Gasteiger partial charge in [-0.05, 0) is 82.2 Å². The van der Waals surface area contributed by atoms with Crippen LogP contribution in [0.1, 0.15) is 76.7 Å². The molecular weight excluding hydrogens is 466 g/mol. The summed E-state index contributed by atoms with van der Waals surface area (Å²) in [5.74, 6) is 0.442. The summed E-state index contributed by atoms with van der Waals surface area (Å²) >= 11 is 7.81. The average molecular weight is 501 g/mol. The lowest BCUT2D eigenvalue weighted by Gasteiger charge is -2.35. The van der Waals surface area contributed by atoms with Crippen LogP contribution in [-0.4, -0.2) is 52.5 Å². The first-order chi connectivity index (χ1) is 15.3. The van der Waals surface area contributed by atoms with Crippen LogP contribution in [0.2, 0.25) is 5.02 Å². The highest BCUT2D eigenvalue weighted by Crippen LogP contribution is 2.42. The van der Waals surface area contributed by atoms with Crippen LogP contribution < -0.4 is 5.14 Å². The molecule has 6 nitrogen and oxygen atoms in total. The summed E-state index contributed by atoms with van der Waals surface area (Å²) in [7, 11) is -3.99. The van der Waals surface area contributed by atoms with E-state index in [2.05, 4.69) is 9.48 Å². The highest BCUT2D eigenvalue weighted by molar-refractivity contribution is 8.13. The van der Waals surface area contributed by atoms with Crippen LogP contribution in [0.3, 0.4) is 0 Å². The molecule has 1 aromatic carbocycles. The number of amidine groups is 1. The minimum Gasteiger partial charge on any atom is -0.349 e. The Labute approximate surface area is 201 Å². The number of sulfonamides is 1. The fraction of sp³-hybridized carbons (Fsp3) is 0.696. The molecule has 1 heterocycles. The van der Waals surface area contributed by atoms with E-state index in [0.717, 1.165) is 5.17 Å². The molecule has 1 unspecified atom stereocenters. The Morgan fingerprint density at radius 3 is 2.19 bits per heavy atom. The number of nitrogens with zero attached hydrogens (tertiary/aromatic N) is 2.